The predicted octanol–water partition coefficient (Wildman–Crippen LogP) is 4.80. The lowest BCUT2D eigenvalue weighted by molar-refractivity contribution is 0.405. The second-order valence-corrected chi connectivity index (χ2v) is 3.97. The zero-order chi connectivity index (χ0) is 9.94. The van der Waals surface area contributed by atoms with Gasteiger partial charge in [-0.2, -0.15) is 0 Å². The first-order valence-corrected chi connectivity index (χ1v) is 5.93. The van der Waals surface area contributed by atoms with Gasteiger partial charge in [-0.15, -0.1) is 0 Å². The maximum atomic E-state index is 3.89. The summed E-state index contributed by atoms with van der Waals surface area (Å²) in [6.45, 7) is 10.1. The molecular weight excluding hydrogens is 156 g/mol. The highest BCUT2D eigenvalue weighted by Crippen LogP contribution is 2.19. The van der Waals surface area contributed by atoms with E-state index in [4.69, 9.17) is 0 Å². The van der Waals surface area contributed by atoms with Gasteiger partial charge in [0.15, 0.2) is 0 Å². The molecule has 0 fully saturated rings. The first-order chi connectivity index (χ1) is 6.35. The average Bonchev–Trinajstić information content (AvgIpc) is 2.17. The minimum atomic E-state index is 0.964. The minimum Gasteiger partial charge on any atom is -0.0651 e. The lowest BCUT2D eigenvalue weighted by atomic mass is 9.93. The Morgan fingerprint density at radius 1 is 0.846 bits per heavy atom. The second kappa shape index (κ2) is 10.1. The largest absolute Gasteiger partial charge is 0.0651 e. The van der Waals surface area contributed by atoms with E-state index in [9.17, 15) is 0 Å². The van der Waals surface area contributed by atoms with Crippen LogP contribution in [0.2, 0.25) is 0 Å². The van der Waals surface area contributed by atoms with Crippen LogP contribution in [-0.2, 0) is 0 Å². The molecule has 0 aliphatic rings. The molecule has 0 N–H and O–H groups in total. The van der Waals surface area contributed by atoms with E-state index < -0.39 is 0 Å². The summed E-state index contributed by atoms with van der Waals surface area (Å²) in [7, 11) is 0. The molecule has 0 aromatic carbocycles. The Morgan fingerprint density at radius 3 is 2.00 bits per heavy atom. The summed E-state index contributed by atoms with van der Waals surface area (Å²) in [6.07, 6.45) is 11.8. The van der Waals surface area contributed by atoms with Crippen molar-refractivity contribution < 1.29 is 0 Å². The maximum Gasteiger partial charge on any atom is -0.0417 e. The Morgan fingerprint density at radius 2 is 1.46 bits per heavy atom. The molecule has 0 aliphatic heterocycles. The topological polar surface area (TPSA) is 0 Å². The molecule has 2 radical (unpaired) electrons. The normalized spacial score (nSPS) is 13.2. The van der Waals surface area contributed by atoms with Crippen molar-refractivity contribution in [1.29, 1.82) is 0 Å². The second-order valence-electron chi connectivity index (χ2n) is 3.97. The van der Waals surface area contributed by atoms with Gasteiger partial charge in [0, 0.05) is 0 Å². The third-order valence-electron chi connectivity index (χ3n) is 2.80. The van der Waals surface area contributed by atoms with Crippen molar-refractivity contribution >= 4 is 0 Å². The molecule has 0 bridgehead atoms. The van der Waals surface area contributed by atoms with Crippen LogP contribution in [0.25, 0.3) is 0 Å². The fourth-order valence-electron chi connectivity index (χ4n) is 1.77. The van der Waals surface area contributed by atoms with Crippen LogP contribution >= 0.6 is 0 Å². The van der Waals surface area contributed by atoms with Crippen molar-refractivity contribution in [2.24, 2.45) is 5.92 Å². The van der Waals surface area contributed by atoms with Crippen molar-refractivity contribution in [3.63, 3.8) is 0 Å². The van der Waals surface area contributed by atoms with E-state index in [1.807, 2.05) is 0 Å². The summed E-state index contributed by atoms with van der Waals surface area (Å²) in [4.78, 5) is 0. The van der Waals surface area contributed by atoms with E-state index in [1.54, 1.807) is 0 Å². The standard InChI is InChI=1S/C13H26/c1-4-7-9-10-12-13(6-3)11-8-5-2/h13H,1-2,4-12H2,3H3. The molecular formula is C13H26. The van der Waals surface area contributed by atoms with E-state index in [1.165, 1.54) is 44.9 Å². The molecule has 0 amide bonds. The molecule has 0 heteroatoms. The van der Waals surface area contributed by atoms with Crippen LogP contribution in [0.5, 0.6) is 0 Å². The maximum absolute atomic E-state index is 3.89. The van der Waals surface area contributed by atoms with Gasteiger partial charge < -0.3 is 0 Å². The highest BCUT2D eigenvalue weighted by molar-refractivity contribution is 4.59. The SMILES string of the molecule is [CH2]CCCCCC(CC)CCC[CH2]. The molecule has 0 rings (SSSR count). The molecule has 78 valence electrons. The van der Waals surface area contributed by atoms with Crippen LogP contribution in [-0.4, -0.2) is 0 Å². The van der Waals surface area contributed by atoms with Gasteiger partial charge in [-0.1, -0.05) is 78.6 Å². The van der Waals surface area contributed by atoms with Crippen LogP contribution in [0, 0.1) is 19.8 Å². The van der Waals surface area contributed by atoms with Gasteiger partial charge in [0.05, 0.1) is 0 Å². The highest BCUT2D eigenvalue weighted by atomic mass is 14.1. The van der Waals surface area contributed by atoms with Crippen LogP contribution in [0.15, 0.2) is 0 Å². The molecule has 0 saturated carbocycles. The third kappa shape index (κ3) is 8.33. The fourth-order valence-corrected chi connectivity index (χ4v) is 1.77. The third-order valence-corrected chi connectivity index (χ3v) is 2.80. The van der Waals surface area contributed by atoms with Gasteiger partial charge in [-0.05, 0) is 5.92 Å². The molecule has 0 saturated heterocycles. The molecule has 0 aromatic heterocycles. The Labute approximate surface area is 85.1 Å². The Hall–Kier alpha value is 0. The Balaban J connectivity index is 3.25. The predicted molar refractivity (Wildman–Crippen MR) is 61.4 cm³/mol. The van der Waals surface area contributed by atoms with E-state index in [-0.39, 0.29) is 0 Å². The highest BCUT2D eigenvalue weighted by Gasteiger charge is 2.04. The van der Waals surface area contributed by atoms with Crippen LogP contribution in [0.4, 0.5) is 0 Å². The molecule has 13 heavy (non-hydrogen) atoms. The Bertz CT molecular complexity index is 86.0. The molecule has 0 spiro atoms. The van der Waals surface area contributed by atoms with Gasteiger partial charge in [-0.25, -0.2) is 0 Å². The summed E-state index contributed by atoms with van der Waals surface area (Å²) in [5.74, 6) is 0.964. The summed E-state index contributed by atoms with van der Waals surface area (Å²) in [5.41, 5.74) is 0. The van der Waals surface area contributed by atoms with Crippen molar-refractivity contribution in [1.82, 2.24) is 0 Å². The molecule has 0 aliphatic carbocycles. The van der Waals surface area contributed by atoms with Crippen LogP contribution < -0.4 is 0 Å². The van der Waals surface area contributed by atoms with Gasteiger partial charge >= 0.3 is 0 Å². The van der Waals surface area contributed by atoms with Gasteiger partial charge in [-0.3, -0.25) is 0 Å². The van der Waals surface area contributed by atoms with E-state index >= 15 is 0 Å². The number of hydrogen-bond acceptors (Lipinski definition) is 0. The lowest BCUT2D eigenvalue weighted by Gasteiger charge is -2.13. The van der Waals surface area contributed by atoms with E-state index in [0.29, 0.717) is 0 Å². The van der Waals surface area contributed by atoms with Crippen molar-refractivity contribution in [2.45, 2.75) is 64.7 Å². The monoisotopic (exact) mass is 182 g/mol. The summed E-state index contributed by atoms with van der Waals surface area (Å²) >= 11 is 0. The number of unbranched alkanes of at least 4 members (excludes halogenated alkanes) is 4. The van der Waals surface area contributed by atoms with Gasteiger partial charge in [0.1, 0.15) is 0 Å². The average molecular weight is 182 g/mol. The van der Waals surface area contributed by atoms with Crippen LogP contribution in [0.3, 0.4) is 0 Å². The molecule has 0 heterocycles. The molecule has 1 atom stereocenters. The number of hydrogen-bond donors (Lipinski definition) is 0. The summed E-state index contributed by atoms with van der Waals surface area (Å²) in [6, 6.07) is 0. The lowest BCUT2D eigenvalue weighted by Crippen LogP contribution is -1.98. The summed E-state index contributed by atoms with van der Waals surface area (Å²) < 4.78 is 0. The van der Waals surface area contributed by atoms with E-state index in [0.717, 1.165) is 18.8 Å². The fraction of sp³-hybridized carbons (Fsp3) is 0.846. The zero-order valence-electron chi connectivity index (χ0n) is 9.36. The smallest absolute Gasteiger partial charge is 0.0417 e. The molecule has 0 nitrogen and oxygen atoms in total. The van der Waals surface area contributed by atoms with Crippen molar-refractivity contribution in [2.75, 3.05) is 0 Å². The van der Waals surface area contributed by atoms with Gasteiger partial charge in [0.25, 0.3) is 0 Å². The number of rotatable bonds is 9. The first kappa shape index (κ1) is 13.0. The van der Waals surface area contributed by atoms with E-state index in [2.05, 4.69) is 20.8 Å². The van der Waals surface area contributed by atoms with Crippen molar-refractivity contribution in [3.8, 4) is 0 Å². The molecule has 0 aromatic rings. The van der Waals surface area contributed by atoms with Crippen molar-refractivity contribution in [3.05, 3.63) is 13.8 Å². The quantitative estimate of drug-likeness (QED) is 0.449. The molecule has 1 unspecified atom stereocenters. The minimum absolute atomic E-state index is 0.964. The Kier molecular flexibility index (Phi) is 10.1. The zero-order valence-corrected chi connectivity index (χ0v) is 9.36. The van der Waals surface area contributed by atoms with Gasteiger partial charge in [0.2, 0.25) is 0 Å². The van der Waals surface area contributed by atoms with Crippen LogP contribution in [0.1, 0.15) is 64.7 Å². The first-order valence-electron chi connectivity index (χ1n) is 5.93. The summed E-state index contributed by atoms with van der Waals surface area (Å²) in [5, 5.41) is 0.